The molecule has 24 heteroatoms. The second kappa shape index (κ2) is 22.2. The Morgan fingerprint density at radius 1 is 0.709 bits per heavy atom. The summed E-state index contributed by atoms with van der Waals surface area (Å²) in [5, 5.41) is 41.3. The molecule has 0 spiro atoms. The molecule has 12 nitrogen and oxygen atoms in total. The molecule has 55 heavy (non-hydrogen) atoms. The molecule has 3 rings (SSSR count). The summed E-state index contributed by atoms with van der Waals surface area (Å²) in [4.78, 5) is 9.57. The Bertz CT molecular complexity index is 1630. The fourth-order valence-corrected chi connectivity index (χ4v) is 4.23. The molecule has 0 aromatic heterocycles. The first-order valence-electron chi connectivity index (χ1n) is 14.7. The number of aliphatic hydroxyl groups excluding tert-OH is 1. The van der Waals surface area contributed by atoms with Crippen LogP contribution in [0.4, 0.5) is 39.5 Å². The number of alkyl halides is 9. The molecule has 0 bridgehead atoms. The van der Waals surface area contributed by atoms with Crippen LogP contribution in [0, 0.1) is 13.8 Å². The molecule has 1 heterocycles. The van der Waals surface area contributed by atoms with Crippen molar-refractivity contribution in [2.75, 3.05) is 26.4 Å². The smallest absolute Gasteiger partial charge is 0.427 e. The van der Waals surface area contributed by atoms with E-state index in [4.69, 9.17) is 41.0 Å². The van der Waals surface area contributed by atoms with Crippen LogP contribution in [0.25, 0.3) is 0 Å². The number of ether oxygens (including phenoxy) is 1. The third kappa shape index (κ3) is 20.8. The number of benzene rings is 2. The molecule has 0 amide bonds. The maximum absolute atomic E-state index is 12.3. The number of aliphatic hydroxyl groups is 4. The van der Waals surface area contributed by atoms with Crippen LogP contribution in [0.3, 0.4) is 0 Å². The van der Waals surface area contributed by atoms with E-state index in [0.29, 0.717) is 13.8 Å². The summed E-state index contributed by atoms with van der Waals surface area (Å²) in [5.41, 5.74) is -8.04. The standard InChI is InChI=1S/C11H13F3O4S.C7H7ClO2S.C4H5F3O3.C4H7F3O2.C4H8O.CH4/c1-8-3-5-9(6-4-8)19(16,17)18-7-10(2,15)11(12,13)14;1-6-2-4-7(5-3-6)11(8,9)10;1-3(10,2(8)9)4(5,6)7;1-3(9,2-8)4(5,6)7;1-2-4-5-3-1;/h3-6,15H,7H2,1-2H3;2-5H,1H3;10H,1H3,(H,8,9);8-9H,2H2,1H3;1-4H2;1H4/t10-;;2*3-;;/m0.00../s1. The first-order chi connectivity index (χ1) is 24.0. The highest BCUT2D eigenvalue weighted by molar-refractivity contribution is 8.13. The quantitative estimate of drug-likeness (QED) is 0.123. The molecule has 1 fully saturated rings. The number of carboxylic acid groups (broad SMARTS) is 1. The van der Waals surface area contributed by atoms with Crippen molar-refractivity contribution in [3.63, 3.8) is 0 Å². The van der Waals surface area contributed by atoms with Crippen LogP contribution in [-0.2, 0) is 32.9 Å². The number of carboxylic acids is 1. The largest absolute Gasteiger partial charge is 0.479 e. The van der Waals surface area contributed by atoms with E-state index in [-0.39, 0.29) is 24.1 Å². The van der Waals surface area contributed by atoms with Gasteiger partial charge in [0, 0.05) is 23.9 Å². The van der Waals surface area contributed by atoms with E-state index in [1.54, 1.807) is 19.1 Å². The van der Waals surface area contributed by atoms with Crippen LogP contribution in [0.15, 0.2) is 58.3 Å². The fourth-order valence-electron chi connectivity index (χ4n) is 2.47. The van der Waals surface area contributed by atoms with Crippen LogP contribution in [-0.4, -0.2) is 110 Å². The maximum Gasteiger partial charge on any atom is 0.427 e. The van der Waals surface area contributed by atoms with E-state index in [1.807, 2.05) is 6.92 Å². The summed E-state index contributed by atoms with van der Waals surface area (Å²) < 4.78 is 159. The summed E-state index contributed by atoms with van der Waals surface area (Å²) >= 11 is 0. The second-order valence-corrected chi connectivity index (χ2v) is 15.9. The molecule has 2 aromatic carbocycles. The molecule has 0 aliphatic carbocycles. The van der Waals surface area contributed by atoms with Crippen LogP contribution < -0.4 is 0 Å². The Kier molecular flexibility index (Phi) is 22.9. The maximum atomic E-state index is 12.3. The van der Waals surface area contributed by atoms with Gasteiger partial charge in [-0.15, -0.1) is 0 Å². The fraction of sp³-hybridized carbons (Fsp3) is 0.581. The first kappa shape index (κ1) is 56.6. The molecule has 1 aliphatic heterocycles. The number of rotatable bonds is 7. The predicted molar refractivity (Wildman–Crippen MR) is 180 cm³/mol. The van der Waals surface area contributed by atoms with Crippen molar-refractivity contribution in [1.82, 2.24) is 0 Å². The lowest BCUT2D eigenvalue weighted by atomic mass is 10.1. The zero-order valence-corrected chi connectivity index (χ0v) is 31.4. The van der Waals surface area contributed by atoms with Gasteiger partial charge in [-0.1, -0.05) is 42.8 Å². The highest BCUT2D eigenvalue weighted by Crippen LogP contribution is 2.32. The van der Waals surface area contributed by atoms with Crippen LogP contribution in [0.5, 0.6) is 0 Å². The van der Waals surface area contributed by atoms with Crippen LogP contribution in [0.1, 0.15) is 52.2 Å². The van der Waals surface area contributed by atoms with Crippen LogP contribution >= 0.6 is 10.7 Å². The Morgan fingerprint density at radius 2 is 1.05 bits per heavy atom. The zero-order chi connectivity index (χ0) is 43.2. The van der Waals surface area contributed by atoms with Crippen LogP contribution in [0.2, 0.25) is 0 Å². The van der Waals surface area contributed by atoms with Crippen molar-refractivity contribution in [3.8, 4) is 0 Å². The van der Waals surface area contributed by atoms with E-state index in [2.05, 4.69) is 4.18 Å². The highest BCUT2D eigenvalue weighted by atomic mass is 35.7. The average Bonchev–Trinajstić information content (AvgIpc) is 3.60. The van der Waals surface area contributed by atoms with Crippen molar-refractivity contribution >= 4 is 35.8 Å². The van der Waals surface area contributed by atoms with Gasteiger partial charge in [0.05, 0.1) is 16.4 Å². The van der Waals surface area contributed by atoms with Gasteiger partial charge in [0.25, 0.3) is 24.8 Å². The van der Waals surface area contributed by atoms with Gasteiger partial charge in [-0.3, -0.25) is 4.18 Å². The van der Waals surface area contributed by atoms with Gasteiger partial charge in [0.1, 0.15) is 6.61 Å². The molecule has 0 saturated carbocycles. The van der Waals surface area contributed by atoms with Gasteiger partial charge >= 0.3 is 24.5 Å². The van der Waals surface area contributed by atoms with Crippen molar-refractivity contribution in [1.29, 1.82) is 0 Å². The van der Waals surface area contributed by atoms with E-state index < -0.39 is 73.7 Å². The minimum absolute atomic E-state index is 0. The Morgan fingerprint density at radius 3 is 1.25 bits per heavy atom. The number of carbonyl (C=O) groups is 1. The average molecular weight is 879 g/mol. The molecular weight excluding hydrogens is 835 g/mol. The SMILES string of the molecule is C.C1CCOC1.C[C@](O)(C(=O)O)C(F)(F)F.C[C@](O)(CO)C(F)(F)F.Cc1ccc(S(=O)(=O)Cl)cc1.Cc1ccc(S(=O)(=O)OC[C@](C)(O)C(F)(F)F)cc1. The summed E-state index contributed by atoms with van der Waals surface area (Å²) in [7, 11) is -2.79. The van der Waals surface area contributed by atoms with Gasteiger partial charge in [0.15, 0.2) is 11.2 Å². The second-order valence-electron chi connectivity index (χ2n) is 11.7. The number of halogens is 10. The molecule has 1 aliphatic rings. The summed E-state index contributed by atoms with van der Waals surface area (Å²) in [5.74, 6) is -2.31. The Balaban J connectivity index is -0.000000651. The number of aliphatic carboxylic acids is 1. The molecule has 0 unspecified atom stereocenters. The number of hydrogen-bond donors (Lipinski definition) is 5. The van der Waals surface area contributed by atoms with Gasteiger partial charge in [-0.2, -0.15) is 47.9 Å². The van der Waals surface area contributed by atoms with E-state index >= 15 is 0 Å². The van der Waals surface area contributed by atoms with Crippen molar-refractivity contribution < 1.29 is 95.6 Å². The topological polar surface area (TPSA) is 205 Å². The van der Waals surface area contributed by atoms with Gasteiger partial charge in [0.2, 0.25) is 0 Å². The molecule has 2 aromatic rings. The molecule has 5 N–H and O–H groups in total. The van der Waals surface area contributed by atoms with Crippen molar-refractivity contribution in [2.24, 2.45) is 0 Å². The molecule has 0 radical (unpaired) electrons. The van der Waals surface area contributed by atoms with E-state index in [1.165, 1.54) is 49.2 Å². The van der Waals surface area contributed by atoms with Gasteiger partial charge in [-0.25, -0.2) is 13.2 Å². The molecular formula is C31H44ClF9O12S2. The Hall–Kier alpha value is -2.77. The minimum Gasteiger partial charge on any atom is -0.479 e. The lowest BCUT2D eigenvalue weighted by Crippen LogP contribution is -2.49. The number of aryl methyl sites for hydroxylation is 2. The zero-order valence-electron chi connectivity index (χ0n) is 29.1. The van der Waals surface area contributed by atoms with Crippen molar-refractivity contribution in [2.45, 2.75) is 100 Å². The number of hydrogen-bond acceptors (Lipinski definition) is 11. The predicted octanol–water partition coefficient (Wildman–Crippen LogP) is 6.05. The Labute approximate surface area is 317 Å². The van der Waals surface area contributed by atoms with E-state index in [0.717, 1.165) is 24.3 Å². The lowest BCUT2D eigenvalue weighted by Gasteiger charge is -2.25. The molecule has 322 valence electrons. The minimum atomic E-state index is -5.13. The summed E-state index contributed by atoms with van der Waals surface area (Å²) in [6.45, 7) is 4.03. The monoisotopic (exact) mass is 878 g/mol. The normalized spacial score (nSPS) is 16.5. The van der Waals surface area contributed by atoms with E-state index in [9.17, 15) is 61.1 Å². The van der Waals surface area contributed by atoms with Gasteiger partial charge in [-0.05, 0) is 71.7 Å². The lowest BCUT2D eigenvalue weighted by molar-refractivity contribution is -0.263. The first-order valence-corrected chi connectivity index (χ1v) is 18.4. The summed E-state index contributed by atoms with van der Waals surface area (Å²) in [6, 6.07) is 11.8. The highest BCUT2D eigenvalue weighted by Gasteiger charge is 2.56. The molecule has 1 saturated heterocycles. The molecule has 3 atom stereocenters. The van der Waals surface area contributed by atoms with Gasteiger partial charge < -0.3 is 30.3 Å². The third-order valence-corrected chi connectivity index (χ3v) is 9.08. The van der Waals surface area contributed by atoms with Crippen molar-refractivity contribution in [3.05, 3.63) is 59.7 Å². The third-order valence-electron chi connectivity index (χ3n) is 6.43. The summed E-state index contributed by atoms with van der Waals surface area (Å²) in [6.07, 6.45) is -12.3.